The Morgan fingerprint density at radius 3 is 2.73 bits per heavy atom. The molecule has 3 aromatic rings. The lowest BCUT2D eigenvalue weighted by Gasteiger charge is -2.32. The van der Waals surface area contributed by atoms with Crippen molar-refractivity contribution in [3.63, 3.8) is 0 Å². The number of carbonyl (C=O) groups excluding carboxylic acids is 1. The first-order valence-electron chi connectivity index (χ1n) is 9.46. The van der Waals surface area contributed by atoms with E-state index in [4.69, 9.17) is 9.47 Å². The molecule has 1 atom stereocenters. The lowest BCUT2D eigenvalue weighted by atomic mass is 9.96. The quantitative estimate of drug-likeness (QED) is 0.625. The normalized spacial score (nSPS) is 14.8. The average molecular weight is 406 g/mol. The molecule has 1 aliphatic rings. The summed E-state index contributed by atoms with van der Waals surface area (Å²) < 4.78 is 10.6. The van der Waals surface area contributed by atoms with Crippen LogP contribution in [0.3, 0.4) is 0 Å². The van der Waals surface area contributed by atoms with Gasteiger partial charge in [0.2, 0.25) is 6.79 Å². The molecule has 0 fully saturated rings. The monoisotopic (exact) mass is 406 g/mol. The van der Waals surface area contributed by atoms with Crippen molar-refractivity contribution in [3.05, 3.63) is 90.4 Å². The molecular formula is C21H22N6O3. The van der Waals surface area contributed by atoms with Gasteiger partial charge in [-0.05, 0) is 18.6 Å². The second kappa shape index (κ2) is 8.64. The number of aromatic amines is 1. The molecule has 1 aromatic carbocycles. The van der Waals surface area contributed by atoms with E-state index in [1.807, 2.05) is 37.3 Å². The fraction of sp³-hybridized carbons (Fsp3) is 0.238. The molecule has 9 nitrogen and oxygen atoms in total. The largest absolute Gasteiger partial charge is 0.462 e. The number of carbonyl (C=O) groups is 1. The van der Waals surface area contributed by atoms with Crippen molar-refractivity contribution in [1.29, 1.82) is 0 Å². The van der Waals surface area contributed by atoms with Gasteiger partial charge in [-0.15, -0.1) is 0 Å². The van der Waals surface area contributed by atoms with Gasteiger partial charge in [0, 0.05) is 25.1 Å². The van der Waals surface area contributed by atoms with Crippen molar-refractivity contribution in [3.8, 4) is 0 Å². The molecule has 0 bridgehead atoms. The molecule has 2 amide bonds. The molecule has 2 aromatic heterocycles. The summed E-state index contributed by atoms with van der Waals surface area (Å²) in [5, 5.41) is 3.09. The Kier molecular flexibility index (Phi) is 5.60. The van der Waals surface area contributed by atoms with E-state index in [2.05, 4.69) is 25.3 Å². The molecule has 2 N–H and O–H groups in total. The number of hydrogen-bond donors (Lipinski definition) is 2. The third kappa shape index (κ3) is 4.24. The van der Waals surface area contributed by atoms with Gasteiger partial charge in [-0.2, -0.15) is 0 Å². The van der Waals surface area contributed by atoms with Gasteiger partial charge in [-0.25, -0.2) is 19.7 Å². The minimum atomic E-state index is -0.986. The van der Waals surface area contributed by atoms with Gasteiger partial charge in [-0.3, -0.25) is 0 Å². The first-order chi connectivity index (χ1) is 14.6. The minimum Gasteiger partial charge on any atom is -0.462 e. The highest BCUT2D eigenvalue weighted by molar-refractivity contribution is 5.76. The van der Waals surface area contributed by atoms with Gasteiger partial charge in [0.25, 0.3) is 0 Å². The van der Waals surface area contributed by atoms with Gasteiger partial charge >= 0.3 is 6.03 Å². The molecule has 30 heavy (non-hydrogen) atoms. The van der Waals surface area contributed by atoms with Crippen LogP contribution >= 0.6 is 0 Å². The first kappa shape index (κ1) is 19.4. The Hall–Kier alpha value is -3.88. The van der Waals surface area contributed by atoms with Crippen LogP contribution in [0.2, 0.25) is 0 Å². The highest BCUT2D eigenvalue weighted by Crippen LogP contribution is 2.25. The second-order valence-corrected chi connectivity index (χ2v) is 6.94. The number of ether oxygens (including phenoxy) is 2. The van der Waals surface area contributed by atoms with Gasteiger partial charge in [-0.1, -0.05) is 30.3 Å². The van der Waals surface area contributed by atoms with Gasteiger partial charge in [0.15, 0.2) is 5.76 Å². The molecule has 0 spiro atoms. The summed E-state index contributed by atoms with van der Waals surface area (Å²) in [6, 6.07) is 11.2. The number of nitrogens with zero attached hydrogens (tertiary/aromatic N) is 4. The van der Waals surface area contributed by atoms with Crippen LogP contribution in [0, 0.1) is 0 Å². The third-order valence-electron chi connectivity index (χ3n) is 4.80. The lowest BCUT2D eigenvalue weighted by Crippen LogP contribution is -2.51. The first-order valence-corrected chi connectivity index (χ1v) is 9.46. The number of benzene rings is 1. The SMILES string of the molecule is CC(NC(=O)N(CC1=COCO1)Cc1ccccc1)(c1ccncn1)c1ncc[nH]1. The van der Waals surface area contributed by atoms with E-state index in [1.54, 1.807) is 29.6 Å². The number of nitrogens with one attached hydrogen (secondary N) is 2. The molecule has 4 rings (SSSR count). The van der Waals surface area contributed by atoms with Crippen LogP contribution in [0.1, 0.15) is 24.0 Å². The number of urea groups is 1. The van der Waals surface area contributed by atoms with Gasteiger partial charge in [0.05, 0.1) is 12.2 Å². The Labute approximate surface area is 173 Å². The Bertz CT molecular complexity index is 994. The lowest BCUT2D eigenvalue weighted by molar-refractivity contribution is 0.0734. The highest BCUT2D eigenvalue weighted by Gasteiger charge is 2.36. The highest BCUT2D eigenvalue weighted by atomic mass is 16.7. The summed E-state index contributed by atoms with van der Waals surface area (Å²) in [5.41, 5.74) is 0.619. The number of amides is 2. The molecular weight excluding hydrogens is 384 g/mol. The fourth-order valence-electron chi connectivity index (χ4n) is 3.21. The molecule has 154 valence electrons. The van der Waals surface area contributed by atoms with E-state index in [1.165, 1.54) is 12.6 Å². The number of imidazole rings is 1. The van der Waals surface area contributed by atoms with E-state index < -0.39 is 5.54 Å². The maximum atomic E-state index is 13.4. The van der Waals surface area contributed by atoms with Gasteiger partial charge < -0.3 is 24.7 Å². The number of hydrogen-bond acceptors (Lipinski definition) is 6. The Morgan fingerprint density at radius 1 is 1.20 bits per heavy atom. The van der Waals surface area contributed by atoms with Crippen LogP contribution in [0.5, 0.6) is 0 Å². The molecule has 1 unspecified atom stereocenters. The number of H-pyrrole nitrogens is 1. The molecule has 9 heteroatoms. The smallest absolute Gasteiger partial charge is 0.319 e. The van der Waals surface area contributed by atoms with E-state index in [-0.39, 0.29) is 19.4 Å². The van der Waals surface area contributed by atoms with Crippen molar-refractivity contribution in [2.45, 2.75) is 19.0 Å². The maximum absolute atomic E-state index is 13.4. The second-order valence-electron chi connectivity index (χ2n) is 6.94. The van der Waals surface area contributed by atoms with Crippen molar-refractivity contribution in [2.75, 3.05) is 13.3 Å². The number of aromatic nitrogens is 4. The van der Waals surface area contributed by atoms with E-state index in [0.717, 1.165) is 5.56 Å². The predicted octanol–water partition coefficient (Wildman–Crippen LogP) is 2.52. The Morgan fingerprint density at radius 2 is 2.07 bits per heavy atom. The molecule has 0 saturated heterocycles. The van der Waals surface area contributed by atoms with E-state index in [9.17, 15) is 4.79 Å². The molecule has 1 aliphatic heterocycles. The summed E-state index contributed by atoms with van der Waals surface area (Å²) in [6.45, 7) is 2.66. The van der Waals surface area contributed by atoms with Crippen LogP contribution in [-0.2, 0) is 21.6 Å². The molecule has 0 radical (unpaired) electrons. The van der Waals surface area contributed by atoms with E-state index in [0.29, 0.717) is 23.8 Å². The summed E-state index contributed by atoms with van der Waals surface area (Å²) in [4.78, 5) is 30.8. The fourth-order valence-corrected chi connectivity index (χ4v) is 3.21. The van der Waals surface area contributed by atoms with Crippen LogP contribution in [0.25, 0.3) is 0 Å². The van der Waals surface area contributed by atoms with Crippen molar-refractivity contribution in [2.24, 2.45) is 0 Å². The summed E-state index contributed by atoms with van der Waals surface area (Å²) in [5.74, 6) is 1.15. The third-order valence-corrected chi connectivity index (χ3v) is 4.80. The van der Waals surface area contributed by atoms with Crippen LogP contribution in [0.15, 0.2) is 73.3 Å². The van der Waals surface area contributed by atoms with Crippen LogP contribution in [0.4, 0.5) is 4.79 Å². The topological polar surface area (TPSA) is 105 Å². The predicted molar refractivity (Wildman–Crippen MR) is 108 cm³/mol. The Balaban J connectivity index is 1.62. The van der Waals surface area contributed by atoms with Crippen LogP contribution in [-0.4, -0.2) is 44.2 Å². The van der Waals surface area contributed by atoms with E-state index >= 15 is 0 Å². The zero-order valence-electron chi connectivity index (χ0n) is 16.5. The maximum Gasteiger partial charge on any atom is 0.319 e. The molecule has 0 saturated carbocycles. The van der Waals surface area contributed by atoms with Crippen molar-refractivity contribution in [1.82, 2.24) is 30.2 Å². The standard InChI is InChI=1S/C21H22N6O3/c1-21(19-23-9-10-24-19,18-7-8-22-14-25-18)26-20(28)27(12-17-13-29-15-30-17)11-16-5-3-2-4-6-16/h2-10,13-14H,11-12,15H2,1H3,(H,23,24)(H,26,28). The van der Waals surface area contributed by atoms with Crippen molar-refractivity contribution >= 4 is 6.03 Å². The zero-order valence-corrected chi connectivity index (χ0v) is 16.5. The van der Waals surface area contributed by atoms with Gasteiger partial charge in [0.1, 0.15) is 24.0 Å². The average Bonchev–Trinajstić information content (AvgIpc) is 3.49. The molecule has 3 heterocycles. The summed E-state index contributed by atoms with van der Waals surface area (Å²) in [7, 11) is 0. The summed E-state index contributed by atoms with van der Waals surface area (Å²) in [6.07, 6.45) is 7.95. The molecule has 0 aliphatic carbocycles. The number of rotatable bonds is 7. The minimum absolute atomic E-state index is 0.154. The zero-order chi connectivity index (χ0) is 20.8. The van der Waals surface area contributed by atoms with Crippen molar-refractivity contribution < 1.29 is 14.3 Å². The van der Waals surface area contributed by atoms with Crippen LogP contribution < -0.4 is 5.32 Å². The summed E-state index contributed by atoms with van der Waals surface area (Å²) >= 11 is 0.